The van der Waals surface area contributed by atoms with E-state index in [-0.39, 0.29) is 24.6 Å². The maximum Gasteiger partial charge on any atom is 0.229 e. The molecule has 0 aliphatic carbocycles. The molecule has 1 aliphatic heterocycles. The molecule has 0 radical (unpaired) electrons. The van der Waals surface area contributed by atoms with Gasteiger partial charge < -0.3 is 15.0 Å². The molecule has 1 atom stereocenters. The predicted octanol–water partition coefficient (Wildman–Crippen LogP) is 2.11. The summed E-state index contributed by atoms with van der Waals surface area (Å²) in [4.78, 5) is 26.7. The molecule has 1 fully saturated rings. The number of tetrazole rings is 1. The number of ether oxygens (including phenoxy) is 1. The van der Waals surface area contributed by atoms with Crippen LogP contribution in [0.5, 0.6) is 5.75 Å². The van der Waals surface area contributed by atoms with E-state index >= 15 is 0 Å². The average molecular weight is 410 g/mol. The first-order valence-electron chi connectivity index (χ1n) is 9.26. The number of carbonyl (C=O) groups is 2. The van der Waals surface area contributed by atoms with E-state index in [0.29, 0.717) is 22.9 Å². The summed E-state index contributed by atoms with van der Waals surface area (Å²) in [5.41, 5.74) is 1.19. The second-order valence-corrected chi connectivity index (χ2v) is 6.89. The Bertz CT molecular complexity index is 1100. The standard InChI is InChI=1S/C20H19FN6O3/c1-12-23-24-25-27(12)15-5-8-17(21)18(10-15)22-20(29)13-9-19(28)26(11-13)14-3-6-16(30-2)7-4-14/h3-8,10,13H,9,11H2,1-2H3,(H,22,29). The van der Waals surface area contributed by atoms with Gasteiger partial charge in [-0.15, -0.1) is 5.10 Å². The molecule has 3 aromatic rings. The zero-order valence-corrected chi connectivity index (χ0v) is 16.4. The van der Waals surface area contributed by atoms with Crippen LogP contribution in [-0.4, -0.2) is 45.7 Å². The van der Waals surface area contributed by atoms with Gasteiger partial charge >= 0.3 is 0 Å². The highest BCUT2D eigenvalue weighted by atomic mass is 19.1. The van der Waals surface area contributed by atoms with Gasteiger partial charge in [-0.05, 0) is 59.8 Å². The Labute approximate surface area is 171 Å². The van der Waals surface area contributed by atoms with Crippen LogP contribution in [0.15, 0.2) is 42.5 Å². The molecule has 2 amide bonds. The van der Waals surface area contributed by atoms with E-state index in [1.165, 1.54) is 22.9 Å². The molecule has 10 heteroatoms. The molecule has 1 aliphatic rings. The summed E-state index contributed by atoms with van der Waals surface area (Å²) in [5, 5.41) is 13.8. The maximum absolute atomic E-state index is 14.3. The highest BCUT2D eigenvalue weighted by molar-refractivity contribution is 6.03. The van der Waals surface area contributed by atoms with Crippen molar-refractivity contribution in [3.05, 3.63) is 54.1 Å². The van der Waals surface area contributed by atoms with Gasteiger partial charge in [0.1, 0.15) is 11.6 Å². The van der Waals surface area contributed by atoms with E-state index in [2.05, 4.69) is 20.8 Å². The lowest BCUT2D eigenvalue weighted by molar-refractivity contribution is -0.122. The molecule has 1 aromatic heterocycles. The number of rotatable bonds is 5. The lowest BCUT2D eigenvalue weighted by Gasteiger charge is -2.17. The molecule has 4 rings (SSSR count). The van der Waals surface area contributed by atoms with Crippen LogP contribution in [0.4, 0.5) is 15.8 Å². The summed E-state index contributed by atoms with van der Waals surface area (Å²) < 4.78 is 20.8. The Balaban J connectivity index is 1.49. The van der Waals surface area contributed by atoms with Crippen LogP contribution in [0.2, 0.25) is 0 Å². The average Bonchev–Trinajstić information content (AvgIpc) is 3.35. The molecule has 2 aromatic carbocycles. The third-order valence-corrected chi connectivity index (χ3v) is 4.96. The van der Waals surface area contributed by atoms with Crippen molar-refractivity contribution in [1.29, 1.82) is 0 Å². The van der Waals surface area contributed by atoms with Crippen molar-refractivity contribution in [2.45, 2.75) is 13.3 Å². The Morgan fingerprint density at radius 2 is 1.93 bits per heavy atom. The molecule has 2 heterocycles. The second kappa shape index (κ2) is 7.90. The zero-order chi connectivity index (χ0) is 21.3. The Morgan fingerprint density at radius 1 is 1.20 bits per heavy atom. The molecule has 0 saturated carbocycles. The highest BCUT2D eigenvalue weighted by Gasteiger charge is 2.35. The summed E-state index contributed by atoms with van der Waals surface area (Å²) >= 11 is 0. The van der Waals surface area contributed by atoms with Crippen LogP contribution in [0.3, 0.4) is 0 Å². The fourth-order valence-electron chi connectivity index (χ4n) is 3.34. The van der Waals surface area contributed by atoms with E-state index in [1.54, 1.807) is 43.2 Å². The van der Waals surface area contributed by atoms with Gasteiger partial charge in [0.2, 0.25) is 11.8 Å². The summed E-state index contributed by atoms with van der Waals surface area (Å²) in [6.45, 7) is 1.92. The van der Waals surface area contributed by atoms with Gasteiger partial charge in [0.25, 0.3) is 0 Å². The van der Waals surface area contributed by atoms with E-state index < -0.39 is 17.6 Å². The van der Waals surface area contributed by atoms with Gasteiger partial charge in [0.15, 0.2) is 5.82 Å². The minimum absolute atomic E-state index is 0.00254. The fraction of sp³-hybridized carbons (Fsp3) is 0.250. The van der Waals surface area contributed by atoms with Gasteiger partial charge in [-0.2, -0.15) is 4.68 Å². The first-order chi connectivity index (χ1) is 14.5. The topological polar surface area (TPSA) is 102 Å². The third-order valence-electron chi connectivity index (χ3n) is 4.96. The van der Waals surface area contributed by atoms with Gasteiger partial charge in [0, 0.05) is 18.7 Å². The molecule has 1 unspecified atom stereocenters. The highest BCUT2D eigenvalue weighted by Crippen LogP contribution is 2.28. The van der Waals surface area contributed by atoms with E-state index in [0.717, 1.165) is 0 Å². The lowest BCUT2D eigenvalue weighted by atomic mass is 10.1. The van der Waals surface area contributed by atoms with Gasteiger partial charge in [-0.1, -0.05) is 0 Å². The number of nitrogens with one attached hydrogen (secondary N) is 1. The van der Waals surface area contributed by atoms with E-state index in [4.69, 9.17) is 4.74 Å². The fourth-order valence-corrected chi connectivity index (χ4v) is 3.34. The molecule has 1 N–H and O–H groups in total. The summed E-state index contributed by atoms with van der Waals surface area (Å²) in [6.07, 6.45) is 0.0469. The summed E-state index contributed by atoms with van der Waals surface area (Å²) in [6, 6.07) is 11.2. The van der Waals surface area contributed by atoms with Gasteiger partial charge in [-0.3, -0.25) is 9.59 Å². The van der Waals surface area contributed by atoms with Gasteiger partial charge in [-0.25, -0.2) is 4.39 Å². The van der Waals surface area contributed by atoms with Crippen LogP contribution < -0.4 is 15.0 Å². The maximum atomic E-state index is 14.3. The Kier molecular flexibility index (Phi) is 5.13. The lowest BCUT2D eigenvalue weighted by Crippen LogP contribution is -2.28. The van der Waals surface area contributed by atoms with Crippen molar-refractivity contribution < 1.29 is 18.7 Å². The van der Waals surface area contributed by atoms with Gasteiger partial charge in [0.05, 0.1) is 24.4 Å². The van der Waals surface area contributed by atoms with Crippen LogP contribution in [0.25, 0.3) is 5.69 Å². The molecule has 154 valence electrons. The quantitative estimate of drug-likeness (QED) is 0.691. The smallest absolute Gasteiger partial charge is 0.229 e. The number of benzene rings is 2. The number of hydrogen-bond donors (Lipinski definition) is 1. The van der Waals surface area contributed by atoms with Crippen molar-refractivity contribution in [2.24, 2.45) is 5.92 Å². The molecule has 0 spiro atoms. The number of hydrogen-bond acceptors (Lipinski definition) is 6. The number of amides is 2. The van der Waals surface area contributed by atoms with Crippen molar-refractivity contribution in [1.82, 2.24) is 20.2 Å². The van der Waals surface area contributed by atoms with Crippen LogP contribution in [-0.2, 0) is 9.59 Å². The van der Waals surface area contributed by atoms with E-state index in [1.807, 2.05) is 0 Å². The van der Waals surface area contributed by atoms with Crippen LogP contribution in [0.1, 0.15) is 12.2 Å². The second-order valence-electron chi connectivity index (χ2n) is 6.89. The predicted molar refractivity (Wildman–Crippen MR) is 106 cm³/mol. The number of anilines is 2. The molecule has 0 bridgehead atoms. The SMILES string of the molecule is COc1ccc(N2CC(C(=O)Nc3cc(-n4nnnc4C)ccc3F)CC2=O)cc1. The summed E-state index contributed by atoms with van der Waals surface area (Å²) in [5.74, 6) is -0.586. The Morgan fingerprint density at radius 3 is 2.60 bits per heavy atom. The molecule has 9 nitrogen and oxygen atoms in total. The number of halogens is 1. The first-order valence-corrected chi connectivity index (χ1v) is 9.26. The number of methoxy groups -OCH3 is 1. The van der Waals surface area contributed by atoms with Crippen LogP contribution >= 0.6 is 0 Å². The minimum Gasteiger partial charge on any atom is -0.497 e. The number of aromatic nitrogens is 4. The number of aryl methyl sites for hydroxylation is 1. The van der Waals surface area contributed by atoms with Crippen molar-refractivity contribution in [3.63, 3.8) is 0 Å². The molecular weight excluding hydrogens is 391 g/mol. The summed E-state index contributed by atoms with van der Waals surface area (Å²) in [7, 11) is 1.56. The largest absolute Gasteiger partial charge is 0.497 e. The third kappa shape index (κ3) is 3.71. The molecule has 1 saturated heterocycles. The minimum atomic E-state index is -0.600. The number of carbonyl (C=O) groups excluding carboxylic acids is 2. The molecule has 30 heavy (non-hydrogen) atoms. The normalized spacial score (nSPS) is 16.0. The van der Waals surface area contributed by atoms with Crippen molar-refractivity contribution in [2.75, 3.05) is 23.9 Å². The monoisotopic (exact) mass is 410 g/mol. The first kappa shape index (κ1) is 19.5. The number of nitrogens with zero attached hydrogens (tertiary/aromatic N) is 5. The molecular formula is C20H19FN6O3. The van der Waals surface area contributed by atoms with Crippen LogP contribution in [0, 0.1) is 18.7 Å². The van der Waals surface area contributed by atoms with Crippen molar-refractivity contribution in [3.8, 4) is 11.4 Å². The van der Waals surface area contributed by atoms with E-state index in [9.17, 15) is 14.0 Å². The van der Waals surface area contributed by atoms with Crippen molar-refractivity contribution >= 4 is 23.2 Å². The zero-order valence-electron chi connectivity index (χ0n) is 16.4. The Hall–Kier alpha value is -3.82.